The average Bonchev–Trinajstić information content (AvgIpc) is 2.23. The first-order valence-electron chi connectivity index (χ1n) is 4.20. The van der Waals surface area contributed by atoms with Crippen LogP contribution < -0.4 is 0 Å². The smallest absolute Gasteiger partial charge is 0.165 e. The maximum absolute atomic E-state index is 9.57. The average molecular weight is 187 g/mol. The summed E-state index contributed by atoms with van der Waals surface area (Å²) in [6.45, 7) is 0. The van der Waals surface area contributed by atoms with Crippen LogP contribution >= 0.6 is 0 Å². The van der Waals surface area contributed by atoms with Crippen molar-refractivity contribution in [1.82, 2.24) is 4.98 Å². The minimum Gasteiger partial charge on any atom is -0.504 e. The van der Waals surface area contributed by atoms with Crippen molar-refractivity contribution >= 4 is 0 Å². The third kappa shape index (κ3) is 1.40. The van der Waals surface area contributed by atoms with Crippen LogP contribution in [0.25, 0.3) is 11.1 Å². The largest absolute Gasteiger partial charge is 0.504 e. The first-order chi connectivity index (χ1) is 6.79. The molecule has 0 unspecified atom stereocenters. The number of hydrogen-bond acceptors (Lipinski definition) is 3. The quantitative estimate of drug-likeness (QED) is 0.672. The van der Waals surface area contributed by atoms with Crippen molar-refractivity contribution in [3.63, 3.8) is 0 Å². The molecular weight excluding hydrogens is 178 g/mol. The normalized spacial score (nSPS) is 10.0. The van der Waals surface area contributed by atoms with Crippen molar-refractivity contribution in [3.05, 3.63) is 42.7 Å². The molecule has 3 heteroatoms. The molecule has 0 saturated heterocycles. The van der Waals surface area contributed by atoms with Crippen LogP contribution in [0, 0.1) is 0 Å². The molecule has 0 aliphatic rings. The van der Waals surface area contributed by atoms with Gasteiger partial charge in [0, 0.05) is 23.5 Å². The number of phenols is 2. The lowest BCUT2D eigenvalue weighted by molar-refractivity contribution is 0.405. The van der Waals surface area contributed by atoms with Crippen LogP contribution in [-0.2, 0) is 0 Å². The maximum atomic E-state index is 9.57. The van der Waals surface area contributed by atoms with Crippen molar-refractivity contribution < 1.29 is 10.2 Å². The molecule has 2 aromatic rings. The Morgan fingerprint density at radius 2 is 1.86 bits per heavy atom. The van der Waals surface area contributed by atoms with Gasteiger partial charge in [-0.25, -0.2) is 0 Å². The lowest BCUT2D eigenvalue weighted by Gasteiger charge is -2.04. The minimum atomic E-state index is -0.119. The van der Waals surface area contributed by atoms with Gasteiger partial charge in [-0.05, 0) is 12.1 Å². The molecule has 1 aromatic carbocycles. The fraction of sp³-hybridized carbons (Fsp3) is 0. The summed E-state index contributed by atoms with van der Waals surface area (Å²) < 4.78 is 0. The Labute approximate surface area is 81.3 Å². The van der Waals surface area contributed by atoms with Crippen molar-refractivity contribution in [1.29, 1.82) is 0 Å². The molecule has 0 spiro atoms. The number of pyridine rings is 1. The third-order valence-corrected chi connectivity index (χ3v) is 1.99. The van der Waals surface area contributed by atoms with Gasteiger partial charge in [-0.1, -0.05) is 18.2 Å². The van der Waals surface area contributed by atoms with E-state index in [9.17, 15) is 10.2 Å². The summed E-state index contributed by atoms with van der Waals surface area (Å²) in [5.74, 6) is -0.230. The van der Waals surface area contributed by atoms with Gasteiger partial charge in [-0.15, -0.1) is 0 Å². The van der Waals surface area contributed by atoms with Gasteiger partial charge in [0.1, 0.15) is 0 Å². The number of nitrogens with zero attached hydrogens (tertiary/aromatic N) is 1. The van der Waals surface area contributed by atoms with E-state index in [-0.39, 0.29) is 11.5 Å². The van der Waals surface area contributed by atoms with E-state index in [1.54, 1.807) is 30.6 Å². The first-order valence-corrected chi connectivity index (χ1v) is 4.20. The Bertz CT molecular complexity index is 440. The van der Waals surface area contributed by atoms with E-state index < -0.39 is 0 Å². The summed E-state index contributed by atoms with van der Waals surface area (Å²) in [4.78, 5) is 3.94. The molecule has 0 bridgehead atoms. The van der Waals surface area contributed by atoms with Crippen molar-refractivity contribution in [2.75, 3.05) is 0 Å². The van der Waals surface area contributed by atoms with Gasteiger partial charge in [-0.3, -0.25) is 4.98 Å². The Hall–Kier alpha value is -2.03. The third-order valence-electron chi connectivity index (χ3n) is 1.99. The van der Waals surface area contributed by atoms with E-state index in [0.717, 1.165) is 5.56 Å². The van der Waals surface area contributed by atoms with Gasteiger partial charge in [0.15, 0.2) is 11.5 Å². The predicted molar refractivity (Wildman–Crippen MR) is 53.0 cm³/mol. The van der Waals surface area contributed by atoms with Crippen LogP contribution in [0.4, 0.5) is 0 Å². The van der Waals surface area contributed by atoms with E-state index in [1.807, 2.05) is 6.07 Å². The van der Waals surface area contributed by atoms with Crippen LogP contribution in [-0.4, -0.2) is 15.2 Å². The number of hydrogen-bond donors (Lipinski definition) is 2. The number of benzene rings is 1. The van der Waals surface area contributed by atoms with Gasteiger partial charge in [0.25, 0.3) is 0 Å². The lowest BCUT2D eigenvalue weighted by atomic mass is 10.1. The molecule has 70 valence electrons. The molecular formula is C11H9NO2. The molecule has 3 nitrogen and oxygen atoms in total. The van der Waals surface area contributed by atoms with E-state index in [1.165, 1.54) is 6.07 Å². The zero-order valence-electron chi connectivity index (χ0n) is 7.38. The standard InChI is InChI=1S/C11H9NO2/c13-10-5-1-4-9(11(10)14)8-3-2-6-12-7-8/h1-7,13-14H. The molecule has 1 heterocycles. The highest BCUT2D eigenvalue weighted by Crippen LogP contribution is 2.35. The highest BCUT2D eigenvalue weighted by atomic mass is 16.3. The van der Waals surface area contributed by atoms with Crippen molar-refractivity contribution in [3.8, 4) is 22.6 Å². The number of aromatic hydroxyl groups is 2. The first kappa shape index (κ1) is 8.56. The van der Waals surface area contributed by atoms with Crippen LogP contribution in [0.2, 0.25) is 0 Å². The number of aromatic nitrogens is 1. The Kier molecular flexibility index (Phi) is 2.07. The van der Waals surface area contributed by atoms with E-state index in [0.29, 0.717) is 5.56 Å². The number of para-hydroxylation sites is 1. The Balaban J connectivity index is 2.58. The van der Waals surface area contributed by atoms with Gasteiger partial charge >= 0.3 is 0 Å². The molecule has 14 heavy (non-hydrogen) atoms. The molecule has 0 fully saturated rings. The second kappa shape index (κ2) is 3.38. The topological polar surface area (TPSA) is 53.4 Å². The van der Waals surface area contributed by atoms with Crippen LogP contribution in [0.1, 0.15) is 0 Å². The summed E-state index contributed by atoms with van der Waals surface area (Å²) in [7, 11) is 0. The lowest BCUT2D eigenvalue weighted by Crippen LogP contribution is -1.80. The molecule has 2 N–H and O–H groups in total. The molecule has 0 saturated carbocycles. The highest BCUT2D eigenvalue weighted by molar-refractivity contribution is 5.72. The van der Waals surface area contributed by atoms with Gasteiger partial charge in [-0.2, -0.15) is 0 Å². The monoisotopic (exact) mass is 187 g/mol. The van der Waals surface area contributed by atoms with Crippen LogP contribution in [0.3, 0.4) is 0 Å². The zero-order chi connectivity index (χ0) is 9.97. The van der Waals surface area contributed by atoms with Crippen LogP contribution in [0.5, 0.6) is 11.5 Å². The maximum Gasteiger partial charge on any atom is 0.165 e. The van der Waals surface area contributed by atoms with Gasteiger partial charge in [0.2, 0.25) is 0 Å². The molecule has 2 rings (SSSR count). The van der Waals surface area contributed by atoms with Crippen molar-refractivity contribution in [2.45, 2.75) is 0 Å². The highest BCUT2D eigenvalue weighted by Gasteiger charge is 2.06. The molecule has 0 amide bonds. The van der Waals surface area contributed by atoms with Crippen LogP contribution in [0.15, 0.2) is 42.7 Å². The number of rotatable bonds is 1. The Morgan fingerprint density at radius 3 is 2.57 bits per heavy atom. The summed E-state index contributed by atoms with van der Waals surface area (Å²) in [6.07, 6.45) is 3.29. The summed E-state index contributed by atoms with van der Waals surface area (Å²) in [6, 6.07) is 8.44. The van der Waals surface area contributed by atoms with Gasteiger partial charge in [0.05, 0.1) is 0 Å². The van der Waals surface area contributed by atoms with E-state index in [2.05, 4.69) is 4.98 Å². The summed E-state index contributed by atoms with van der Waals surface area (Å²) in [5.41, 5.74) is 1.36. The SMILES string of the molecule is Oc1cccc(-c2cccnc2)c1O. The minimum absolute atomic E-state index is 0.111. The second-order valence-electron chi connectivity index (χ2n) is 2.92. The molecule has 0 atom stereocenters. The summed E-state index contributed by atoms with van der Waals surface area (Å²) in [5, 5.41) is 18.9. The van der Waals surface area contributed by atoms with E-state index >= 15 is 0 Å². The summed E-state index contributed by atoms with van der Waals surface area (Å²) >= 11 is 0. The van der Waals surface area contributed by atoms with Gasteiger partial charge < -0.3 is 10.2 Å². The fourth-order valence-corrected chi connectivity index (χ4v) is 1.29. The van der Waals surface area contributed by atoms with E-state index in [4.69, 9.17) is 0 Å². The predicted octanol–water partition coefficient (Wildman–Crippen LogP) is 2.16. The molecule has 0 radical (unpaired) electrons. The second-order valence-corrected chi connectivity index (χ2v) is 2.92. The Morgan fingerprint density at radius 1 is 1.00 bits per heavy atom. The molecule has 0 aliphatic carbocycles. The molecule has 0 aliphatic heterocycles. The zero-order valence-corrected chi connectivity index (χ0v) is 7.38. The number of phenolic OH excluding ortho intramolecular Hbond substituents is 2. The van der Waals surface area contributed by atoms with Crippen molar-refractivity contribution in [2.24, 2.45) is 0 Å². The fourth-order valence-electron chi connectivity index (χ4n) is 1.29. The molecule has 1 aromatic heterocycles.